The van der Waals surface area contributed by atoms with Gasteiger partial charge in [-0.2, -0.15) is 13.2 Å². The van der Waals surface area contributed by atoms with Crippen LogP contribution in [0.1, 0.15) is 11.3 Å². The minimum Gasteiger partial charge on any atom is -0.443 e. The van der Waals surface area contributed by atoms with Gasteiger partial charge in [-0.15, -0.1) is 0 Å². The molecule has 6 heteroatoms. The first-order valence-corrected chi connectivity index (χ1v) is 5.81. The summed E-state index contributed by atoms with van der Waals surface area (Å²) in [5.74, 6) is 0.148. The monoisotopic (exact) mass is 305 g/mol. The summed E-state index contributed by atoms with van der Waals surface area (Å²) in [6.07, 6.45) is -3.27. The Hall–Kier alpha value is -1.30. The first-order chi connectivity index (χ1) is 8.04. The summed E-state index contributed by atoms with van der Waals surface area (Å²) in [6.45, 7) is 0. The van der Waals surface area contributed by atoms with Gasteiger partial charge in [0.25, 0.3) is 0 Å². The first kappa shape index (κ1) is 12.2. The highest BCUT2D eigenvalue weighted by Gasteiger charge is 2.34. The molecule has 0 fully saturated rings. The molecule has 0 N–H and O–H groups in total. The highest BCUT2D eigenvalue weighted by Crippen LogP contribution is 2.38. The van der Waals surface area contributed by atoms with E-state index in [9.17, 15) is 13.2 Å². The third kappa shape index (κ3) is 2.36. The molecule has 0 aliphatic heterocycles. The summed E-state index contributed by atoms with van der Waals surface area (Å²) >= 11 is 3.16. The molecule has 0 atom stereocenters. The number of benzene rings is 1. The fourth-order valence-electron chi connectivity index (χ4n) is 1.51. The Balaban J connectivity index is 2.60. The van der Waals surface area contributed by atoms with Crippen LogP contribution in [0.25, 0.3) is 11.3 Å². The molecule has 0 radical (unpaired) electrons. The van der Waals surface area contributed by atoms with E-state index in [0.717, 1.165) is 12.5 Å². The van der Waals surface area contributed by atoms with Crippen LogP contribution in [0.15, 0.2) is 35.1 Å². The van der Waals surface area contributed by atoms with Gasteiger partial charge in [0.1, 0.15) is 0 Å². The molecule has 0 saturated heterocycles. The molecule has 0 amide bonds. The molecule has 90 valence electrons. The van der Waals surface area contributed by atoms with E-state index in [-0.39, 0.29) is 11.3 Å². The smallest absolute Gasteiger partial charge is 0.417 e. The van der Waals surface area contributed by atoms with Crippen molar-refractivity contribution < 1.29 is 17.6 Å². The highest BCUT2D eigenvalue weighted by molar-refractivity contribution is 9.08. The van der Waals surface area contributed by atoms with Crippen molar-refractivity contribution in [3.8, 4) is 11.3 Å². The van der Waals surface area contributed by atoms with Gasteiger partial charge in [-0.25, -0.2) is 4.98 Å². The third-order valence-electron chi connectivity index (χ3n) is 2.24. The van der Waals surface area contributed by atoms with E-state index < -0.39 is 11.7 Å². The Morgan fingerprint density at radius 1 is 1.24 bits per heavy atom. The zero-order valence-electron chi connectivity index (χ0n) is 8.46. The molecule has 0 unspecified atom stereocenters. The predicted molar refractivity (Wildman–Crippen MR) is 59.6 cm³/mol. The standard InChI is InChI=1S/C11H7BrF3NO/c12-5-9-10(17-6-16-9)7-3-1-2-4-8(7)11(13,14)15/h1-4,6H,5H2. The highest BCUT2D eigenvalue weighted by atomic mass is 79.9. The van der Waals surface area contributed by atoms with Crippen molar-refractivity contribution in [3.63, 3.8) is 0 Å². The van der Waals surface area contributed by atoms with Crippen LogP contribution in [0.3, 0.4) is 0 Å². The second-order valence-corrected chi connectivity index (χ2v) is 3.87. The molecule has 1 heterocycles. The van der Waals surface area contributed by atoms with E-state index >= 15 is 0 Å². The van der Waals surface area contributed by atoms with Crippen molar-refractivity contribution in [3.05, 3.63) is 41.9 Å². The predicted octanol–water partition coefficient (Wildman–Crippen LogP) is 4.26. The number of oxazole rings is 1. The Morgan fingerprint density at radius 3 is 2.59 bits per heavy atom. The fourth-order valence-corrected chi connectivity index (χ4v) is 1.91. The molecular formula is C11H7BrF3NO. The largest absolute Gasteiger partial charge is 0.443 e. The van der Waals surface area contributed by atoms with Crippen LogP contribution in [-0.2, 0) is 11.5 Å². The molecule has 0 aliphatic rings. The first-order valence-electron chi connectivity index (χ1n) is 4.69. The van der Waals surface area contributed by atoms with E-state index in [1.54, 1.807) is 0 Å². The molecule has 0 bridgehead atoms. The lowest BCUT2D eigenvalue weighted by Crippen LogP contribution is -2.07. The molecule has 0 spiro atoms. The van der Waals surface area contributed by atoms with Crippen LogP contribution in [0.4, 0.5) is 13.2 Å². The number of aromatic nitrogens is 1. The maximum absolute atomic E-state index is 12.8. The number of halogens is 4. The average Bonchev–Trinajstić information content (AvgIpc) is 2.75. The van der Waals surface area contributed by atoms with Crippen LogP contribution >= 0.6 is 15.9 Å². The Morgan fingerprint density at radius 2 is 1.94 bits per heavy atom. The molecule has 2 nitrogen and oxygen atoms in total. The average molecular weight is 306 g/mol. The number of hydrogen-bond donors (Lipinski definition) is 0. The minimum absolute atomic E-state index is 0.00644. The maximum Gasteiger partial charge on any atom is 0.417 e. The van der Waals surface area contributed by atoms with Crippen molar-refractivity contribution in [1.29, 1.82) is 0 Å². The van der Waals surface area contributed by atoms with E-state index in [2.05, 4.69) is 20.9 Å². The third-order valence-corrected chi connectivity index (χ3v) is 2.78. The zero-order valence-corrected chi connectivity index (χ0v) is 10.0. The van der Waals surface area contributed by atoms with Gasteiger partial charge in [0.2, 0.25) is 0 Å². The van der Waals surface area contributed by atoms with Gasteiger partial charge in [0, 0.05) is 10.9 Å². The van der Waals surface area contributed by atoms with Crippen LogP contribution < -0.4 is 0 Å². The van der Waals surface area contributed by atoms with Gasteiger partial charge < -0.3 is 4.42 Å². The van der Waals surface area contributed by atoms with Crippen molar-refractivity contribution in [2.75, 3.05) is 0 Å². The molecule has 17 heavy (non-hydrogen) atoms. The molecule has 0 saturated carbocycles. The number of alkyl halides is 4. The van der Waals surface area contributed by atoms with Crippen LogP contribution in [0, 0.1) is 0 Å². The lowest BCUT2D eigenvalue weighted by Gasteiger charge is -2.11. The van der Waals surface area contributed by atoms with Crippen LogP contribution in [0.2, 0.25) is 0 Å². The summed E-state index contributed by atoms with van der Waals surface area (Å²) in [6, 6.07) is 5.27. The number of hydrogen-bond acceptors (Lipinski definition) is 2. The summed E-state index contributed by atoms with van der Waals surface area (Å²) in [4.78, 5) is 3.85. The van der Waals surface area contributed by atoms with Gasteiger partial charge in [-0.3, -0.25) is 0 Å². The SMILES string of the molecule is FC(F)(F)c1ccccc1-c1ocnc1CBr. The van der Waals surface area contributed by atoms with Crippen LogP contribution in [-0.4, -0.2) is 4.98 Å². The molecular weight excluding hydrogens is 299 g/mol. The molecule has 0 aliphatic carbocycles. The van der Waals surface area contributed by atoms with Gasteiger partial charge >= 0.3 is 6.18 Å². The number of nitrogens with zero attached hydrogens (tertiary/aromatic N) is 1. The summed E-state index contributed by atoms with van der Waals surface area (Å²) in [5.41, 5.74) is -0.271. The van der Waals surface area contributed by atoms with E-state index in [0.29, 0.717) is 11.0 Å². The summed E-state index contributed by atoms with van der Waals surface area (Å²) in [5, 5.41) is 0.338. The zero-order chi connectivity index (χ0) is 12.5. The summed E-state index contributed by atoms with van der Waals surface area (Å²) in [7, 11) is 0. The summed E-state index contributed by atoms with van der Waals surface area (Å²) < 4.78 is 43.4. The quantitative estimate of drug-likeness (QED) is 0.775. The molecule has 2 rings (SSSR count). The normalized spacial score (nSPS) is 11.8. The van der Waals surface area contributed by atoms with Gasteiger partial charge in [-0.1, -0.05) is 34.1 Å². The topological polar surface area (TPSA) is 26.0 Å². The Kier molecular flexibility index (Phi) is 3.24. The maximum atomic E-state index is 12.8. The Bertz CT molecular complexity index is 521. The molecule has 1 aromatic carbocycles. The minimum atomic E-state index is -4.41. The van der Waals surface area contributed by atoms with E-state index in [1.165, 1.54) is 18.2 Å². The Labute approximate surface area is 104 Å². The van der Waals surface area contributed by atoms with Crippen molar-refractivity contribution in [1.82, 2.24) is 4.98 Å². The van der Waals surface area contributed by atoms with Crippen LogP contribution in [0.5, 0.6) is 0 Å². The van der Waals surface area contributed by atoms with Gasteiger partial charge in [-0.05, 0) is 6.07 Å². The van der Waals surface area contributed by atoms with Crippen molar-refractivity contribution in [2.45, 2.75) is 11.5 Å². The lowest BCUT2D eigenvalue weighted by atomic mass is 10.0. The van der Waals surface area contributed by atoms with Crippen molar-refractivity contribution >= 4 is 15.9 Å². The molecule has 2 aromatic rings. The molecule has 1 aromatic heterocycles. The van der Waals surface area contributed by atoms with Gasteiger partial charge in [0.05, 0.1) is 11.3 Å². The van der Waals surface area contributed by atoms with Crippen molar-refractivity contribution in [2.24, 2.45) is 0 Å². The lowest BCUT2D eigenvalue weighted by molar-refractivity contribution is -0.137. The second-order valence-electron chi connectivity index (χ2n) is 3.31. The number of rotatable bonds is 2. The fraction of sp³-hybridized carbons (Fsp3) is 0.182. The van der Waals surface area contributed by atoms with E-state index in [4.69, 9.17) is 4.42 Å². The van der Waals surface area contributed by atoms with Gasteiger partial charge in [0.15, 0.2) is 12.2 Å². The van der Waals surface area contributed by atoms with E-state index in [1.807, 2.05) is 0 Å². The second kappa shape index (κ2) is 4.52.